The van der Waals surface area contributed by atoms with Crippen molar-refractivity contribution in [3.8, 4) is 0 Å². The Balaban J connectivity index is 2.87. The maximum atomic E-state index is 5.89. The van der Waals surface area contributed by atoms with Gasteiger partial charge in [0.05, 0.1) is 5.25 Å². The molecule has 0 spiro atoms. The SMILES string of the molecule is CSC(c1sccc1C)C(C)N. The Kier molecular flexibility index (Phi) is 3.62. The van der Waals surface area contributed by atoms with Crippen LogP contribution in [0.1, 0.15) is 22.6 Å². The summed E-state index contributed by atoms with van der Waals surface area (Å²) in [5.41, 5.74) is 7.26. The third-order valence-corrected chi connectivity index (χ3v) is 4.32. The number of hydrogen-bond acceptors (Lipinski definition) is 3. The van der Waals surface area contributed by atoms with Crippen LogP contribution in [0.5, 0.6) is 0 Å². The fourth-order valence-corrected chi connectivity index (χ4v) is 3.54. The monoisotopic (exact) mass is 201 g/mol. The van der Waals surface area contributed by atoms with Crippen LogP contribution in [0.25, 0.3) is 0 Å². The van der Waals surface area contributed by atoms with E-state index in [1.165, 1.54) is 10.4 Å². The van der Waals surface area contributed by atoms with Gasteiger partial charge >= 0.3 is 0 Å². The van der Waals surface area contributed by atoms with Gasteiger partial charge in [0.2, 0.25) is 0 Å². The molecule has 1 heterocycles. The molecule has 0 saturated carbocycles. The average molecular weight is 201 g/mol. The zero-order valence-corrected chi connectivity index (χ0v) is 9.34. The predicted octanol–water partition coefficient (Wildman–Crippen LogP) is 2.81. The normalized spacial score (nSPS) is 16.0. The zero-order valence-electron chi connectivity index (χ0n) is 7.70. The van der Waals surface area contributed by atoms with E-state index in [0.717, 1.165) is 0 Å². The Morgan fingerprint density at radius 3 is 2.58 bits per heavy atom. The highest BCUT2D eigenvalue weighted by molar-refractivity contribution is 7.99. The molecule has 0 aliphatic carbocycles. The molecule has 0 aromatic carbocycles. The fourth-order valence-electron chi connectivity index (χ4n) is 1.24. The quantitative estimate of drug-likeness (QED) is 0.814. The number of nitrogens with two attached hydrogens (primary N) is 1. The van der Waals surface area contributed by atoms with Gasteiger partial charge in [-0.2, -0.15) is 11.8 Å². The van der Waals surface area contributed by atoms with E-state index in [-0.39, 0.29) is 6.04 Å². The van der Waals surface area contributed by atoms with Crippen LogP contribution >= 0.6 is 23.1 Å². The molecular weight excluding hydrogens is 186 g/mol. The van der Waals surface area contributed by atoms with Crippen molar-refractivity contribution in [2.24, 2.45) is 5.73 Å². The molecule has 1 nitrogen and oxygen atoms in total. The highest BCUT2D eigenvalue weighted by Gasteiger charge is 2.17. The Hall–Kier alpha value is 0.01000. The van der Waals surface area contributed by atoms with E-state index in [4.69, 9.17) is 5.73 Å². The van der Waals surface area contributed by atoms with E-state index in [1.807, 2.05) is 23.1 Å². The van der Waals surface area contributed by atoms with Crippen molar-refractivity contribution in [2.45, 2.75) is 25.1 Å². The fraction of sp³-hybridized carbons (Fsp3) is 0.556. The number of aryl methyl sites for hydroxylation is 1. The van der Waals surface area contributed by atoms with Gasteiger partial charge in [-0.3, -0.25) is 0 Å². The van der Waals surface area contributed by atoms with Gasteiger partial charge in [0, 0.05) is 10.9 Å². The van der Waals surface area contributed by atoms with Gasteiger partial charge in [0.25, 0.3) is 0 Å². The van der Waals surface area contributed by atoms with E-state index in [2.05, 4.69) is 31.5 Å². The molecule has 3 heteroatoms. The van der Waals surface area contributed by atoms with Crippen molar-refractivity contribution in [2.75, 3.05) is 6.26 Å². The van der Waals surface area contributed by atoms with E-state index in [0.29, 0.717) is 5.25 Å². The molecule has 12 heavy (non-hydrogen) atoms. The van der Waals surface area contributed by atoms with Gasteiger partial charge in [0.15, 0.2) is 0 Å². The molecule has 0 radical (unpaired) electrons. The molecule has 68 valence electrons. The number of rotatable bonds is 3. The number of thiophene rings is 1. The summed E-state index contributed by atoms with van der Waals surface area (Å²) in [6.07, 6.45) is 2.12. The molecule has 1 aromatic rings. The van der Waals surface area contributed by atoms with Crippen LogP contribution in [0.4, 0.5) is 0 Å². The molecule has 2 N–H and O–H groups in total. The molecule has 0 saturated heterocycles. The maximum Gasteiger partial charge on any atom is 0.0539 e. The molecule has 1 aromatic heterocycles. The third-order valence-electron chi connectivity index (χ3n) is 1.89. The van der Waals surface area contributed by atoms with Crippen molar-refractivity contribution < 1.29 is 0 Å². The zero-order chi connectivity index (χ0) is 9.14. The molecule has 0 bridgehead atoms. The molecule has 2 unspecified atom stereocenters. The number of thioether (sulfide) groups is 1. The van der Waals surface area contributed by atoms with E-state index < -0.39 is 0 Å². The van der Waals surface area contributed by atoms with Crippen LogP contribution in [-0.4, -0.2) is 12.3 Å². The summed E-state index contributed by atoms with van der Waals surface area (Å²) in [7, 11) is 0. The van der Waals surface area contributed by atoms with Gasteiger partial charge in [-0.1, -0.05) is 0 Å². The summed E-state index contributed by atoms with van der Waals surface area (Å²) in [6.45, 7) is 4.22. The Labute approximate surface area is 82.4 Å². The Bertz CT molecular complexity index is 242. The minimum atomic E-state index is 0.234. The lowest BCUT2D eigenvalue weighted by Gasteiger charge is -2.17. The van der Waals surface area contributed by atoms with E-state index in [9.17, 15) is 0 Å². The smallest absolute Gasteiger partial charge is 0.0539 e. The summed E-state index contributed by atoms with van der Waals surface area (Å²) in [6, 6.07) is 2.39. The predicted molar refractivity (Wildman–Crippen MR) is 59.0 cm³/mol. The Morgan fingerprint density at radius 2 is 2.25 bits per heavy atom. The Morgan fingerprint density at radius 1 is 1.58 bits per heavy atom. The highest BCUT2D eigenvalue weighted by atomic mass is 32.2. The van der Waals surface area contributed by atoms with Crippen molar-refractivity contribution in [1.29, 1.82) is 0 Å². The topological polar surface area (TPSA) is 26.0 Å². The molecule has 2 atom stereocenters. The molecule has 0 aliphatic heterocycles. The van der Waals surface area contributed by atoms with Gasteiger partial charge in [-0.15, -0.1) is 11.3 Å². The standard InChI is InChI=1S/C9H15NS2/c1-6-4-5-12-8(6)9(11-3)7(2)10/h4-5,7,9H,10H2,1-3H3. The molecule has 0 amide bonds. The van der Waals surface area contributed by atoms with Crippen LogP contribution in [-0.2, 0) is 0 Å². The maximum absolute atomic E-state index is 5.89. The van der Waals surface area contributed by atoms with Gasteiger partial charge in [-0.05, 0) is 37.1 Å². The van der Waals surface area contributed by atoms with E-state index >= 15 is 0 Å². The molecule has 0 fully saturated rings. The first kappa shape index (κ1) is 10.1. The average Bonchev–Trinajstić information content (AvgIpc) is 2.38. The van der Waals surface area contributed by atoms with E-state index in [1.54, 1.807) is 0 Å². The van der Waals surface area contributed by atoms with Gasteiger partial charge in [-0.25, -0.2) is 0 Å². The second kappa shape index (κ2) is 4.30. The van der Waals surface area contributed by atoms with Crippen molar-refractivity contribution in [3.63, 3.8) is 0 Å². The minimum absolute atomic E-state index is 0.234. The van der Waals surface area contributed by atoms with Crippen LogP contribution in [0, 0.1) is 6.92 Å². The highest BCUT2D eigenvalue weighted by Crippen LogP contribution is 2.34. The first-order valence-corrected chi connectivity index (χ1v) is 6.16. The van der Waals surface area contributed by atoms with Crippen molar-refractivity contribution in [3.05, 3.63) is 21.9 Å². The first-order valence-electron chi connectivity index (χ1n) is 3.99. The van der Waals surface area contributed by atoms with Gasteiger partial charge in [0.1, 0.15) is 0 Å². The van der Waals surface area contributed by atoms with Crippen LogP contribution in [0.3, 0.4) is 0 Å². The summed E-state index contributed by atoms with van der Waals surface area (Å²) in [5.74, 6) is 0. The largest absolute Gasteiger partial charge is 0.327 e. The summed E-state index contributed by atoms with van der Waals surface area (Å²) < 4.78 is 0. The molecular formula is C9H15NS2. The summed E-state index contributed by atoms with van der Waals surface area (Å²) in [4.78, 5) is 1.43. The summed E-state index contributed by atoms with van der Waals surface area (Å²) in [5, 5.41) is 2.60. The lowest BCUT2D eigenvalue weighted by atomic mass is 10.1. The summed E-state index contributed by atoms with van der Waals surface area (Å²) >= 11 is 3.65. The van der Waals surface area contributed by atoms with Crippen molar-refractivity contribution >= 4 is 23.1 Å². The minimum Gasteiger partial charge on any atom is -0.327 e. The lowest BCUT2D eigenvalue weighted by Crippen LogP contribution is -2.22. The molecule has 1 rings (SSSR count). The second-order valence-corrected chi connectivity index (χ2v) is 4.91. The van der Waals surface area contributed by atoms with Crippen LogP contribution < -0.4 is 5.73 Å². The van der Waals surface area contributed by atoms with Crippen LogP contribution in [0.2, 0.25) is 0 Å². The van der Waals surface area contributed by atoms with Gasteiger partial charge < -0.3 is 5.73 Å². The lowest BCUT2D eigenvalue weighted by molar-refractivity contribution is 0.729. The third kappa shape index (κ3) is 2.03. The molecule has 0 aliphatic rings. The number of hydrogen-bond donors (Lipinski definition) is 1. The van der Waals surface area contributed by atoms with Crippen molar-refractivity contribution in [1.82, 2.24) is 0 Å². The van der Waals surface area contributed by atoms with Crippen LogP contribution in [0.15, 0.2) is 11.4 Å². The second-order valence-electron chi connectivity index (χ2n) is 2.98. The first-order chi connectivity index (χ1) is 5.66.